The summed E-state index contributed by atoms with van der Waals surface area (Å²) in [6.45, 7) is 6.50. The van der Waals surface area contributed by atoms with Crippen LogP contribution in [0.15, 0.2) is 22.7 Å². The second kappa shape index (κ2) is 7.12. The van der Waals surface area contributed by atoms with Crippen molar-refractivity contribution in [3.8, 4) is 5.75 Å². The van der Waals surface area contributed by atoms with E-state index in [-0.39, 0.29) is 0 Å². The number of ether oxygens (including phenoxy) is 2. The summed E-state index contributed by atoms with van der Waals surface area (Å²) in [5.74, 6) is 1.61. The van der Waals surface area contributed by atoms with Crippen molar-refractivity contribution in [2.24, 2.45) is 5.92 Å². The molecule has 4 heteroatoms. The minimum Gasteiger partial charge on any atom is -0.492 e. The van der Waals surface area contributed by atoms with Crippen LogP contribution in [0.5, 0.6) is 5.75 Å². The maximum Gasteiger partial charge on any atom is 0.119 e. The Bertz CT molecular complexity index is 378. The zero-order valence-corrected chi connectivity index (χ0v) is 12.3. The number of nitrogens with one attached hydrogen (secondary N) is 1. The maximum absolute atomic E-state index is 5.69. The Morgan fingerprint density at radius 3 is 3.11 bits per heavy atom. The molecule has 1 heterocycles. The number of aryl methyl sites for hydroxylation is 1. The van der Waals surface area contributed by atoms with Gasteiger partial charge in [0.1, 0.15) is 12.4 Å². The number of rotatable bonds is 6. The lowest BCUT2D eigenvalue weighted by molar-refractivity contribution is 0.185. The third-order valence-corrected chi connectivity index (χ3v) is 4.02. The van der Waals surface area contributed by atoms with Crippen molar-refractivity contribution >= 4 is 15.9 Å². The minimum absolute atomic E-state index is 0.680. The van der Waals surface area contributed by atoms with Crippen LogP contribution in [-0.2, 0) is 4.74 Å². The van der Waals surface area contributed by atoms with E-state index < -0.39 is 0 Å². The van der Waals surface area contributed by atoms with Gasteiger partial charge in [0.05, 0.1) is 6.61 Å². The quantitative estimate of drug-likeness (QED) is 0.819. The van der Waals surface area contributed by atoms with E-state index in [1.165, 1.54) is 12.0 Å². The molecule has 1 aromatic rings. The number of hydrogen-bond acceptors (Lipinski definition) is 3. The first-order chi connectivity index (χ1) is 8.75. The van der Waals surface area contributed by atoms with E-state index in [9.17, 15) is 0 Å². The third kappa shape index (κ3) is 4.26. The first kappa shape index (κ1) is 13.8. The molecular weight excluding hydrogens is 294 g/mol. The summed E-state index contributed by atoms with van der Waals surface area (Å²) in [5.41, 5.74) is 1.20. The smallest absolute Gasteiger partial charge is 0.119 e. The Hall–Kier alpha value is -0.580. The lowest BCUT2D eigenvalue weighted by Crippen LogP contribution is -2.27. The topological polar surface area (TPSA) is 30.5 Å². The molecule has 0 spiro atoms. The number of benzene rings is 1. The van der Waals surface area contributed by atoms with Crippen molar-refractivity contribution in [2.75, 3.05) is 32.9 Å². The lowest BCUT2D eigenvalue weighted by Gasteiger charge is -2.11. The van der Waals surface area contributed by atoms with E-state index in [0.29, 0.717) is 12.5 Å². The van der Waals surface area contributed by atoms with Gasteiger partial charge in [0, 0.05) is 24.2 Å². The van der Waals surface area contributed by atoms with E-state index in [1.807, 2.05) is 12.1 Å². The molecule has 2 rings (SSSR count). The molecule has 1 saturated heterocycles. The fourth-order valence-electron chi connectivity index (χ4n) is 2.00. The van der Waals surface area contributed by atoms with Crippen molar-refractivity contribution in [3.05, 3.63) is 28.2 Å². The van der Waals surface area contributed by atoms with Gasteiger partial charge in [0.15, 0.2) is 0 Å². The standard InChI is InChI=1S/C14H20BrNO2/c1-11-8-13(2-3-14(11)15)18-7-5-16-9-12-4-6-17-10-12/h2-3,8,12,16H,4-7,9-10H2,1H3. The lowest BCUT2D eigenvalue weighted by atomic mass is 10.1. The Balaban J connectivity index is 1.61. The average molecular weight is 314 g/mol. The van der Waals surface area contributed by atoms with Gasteiger partial charge in [-0.15, -0.1) is 0 Å². The van der Waals surface area contributed by atoms with Crippen LogP contribution in [0.3, 0.4) is 0 Å². The predicted octanol–water partition coefficient (Wildman–Crippen LogP) is 2.76. The normalized spacial score (nSPS) is 19.1. The molecule has 3 nitrogen and oxygen atoms in total. The molecule has 0 amide bonds. The van der Waals surface area contributed by atoms with Crippen LogP contribution >= 0.6 is 15.9 Å². The average Bonchev–Trinajstić information content (AvgIpc) is 2.86. The number of hydrogen-bond donors (Lipinski definition) is 1. The Labute approximate surface area is 117 Å². The summed E-state index contributed by atoms with van der Waals surface area (Å²) in [6.07, 6.45) is 1.18. The second-order valence-corrected chi connectivity index (χ2v) is 5.55. The maximum atomic E-state index is 5.69. The van der Waals surface area contributed by atoms with Gasteiger partial charge in [-0.25, -0.2) is 0 Å². The molecule has 0 saturated carbocycles. The molecule has 100 valence electrons. The van der Waals surface area contributed by atoms with Crippen LogP contribution in [0.25, 0.3) is 0 Å². The van der Waals surface area contributed by atoms with Gasteiger partial charge in [0.2, 0.25) is 0 Å². The molecule has 1 aliphatic heterocycles. The van der Waals surface area contributed by atoms with Crippen LogP contribution in [0.2, 0.25) is 0 Å². The predicted molar refractivity (Wildman–Crippen MR) is 76.2 cm³/mol. The summed E-state index contributed by atoms with van der Waals surface area (Å²) in [4.78, 5) is 0. The van der Waals surface area contributed by atoms with Crippen molar-refractivity contribution in [3.63, 3.8) is 0 Å². The van der Waals surface area contributed by atoms with E-state index in [1.54, 1.807) is 0 Å². The molecule has 1 aromatic carbocycles. The molecule has 1 fully saturated rings. The monoisotopic (exact) mass is 313 g/mol. The van der Waals surface area contributed by atoms with Gasteiger partial charge in [-0.1, -0.05) is 15.9 Å². The highest BCUT2D eigenvalue weighted by atomic mass is 79.9. The van der Waals surface area contributed by atoms with Gasteiger partial charge in [-0.05, 0) is 43.0 Å². The highest BCUT2D eigenvalue weighted by Crippen LogP contribution is 2.21. The first-order valence-corrected chi connectivity index (χ1v) is 7.22. The van der Waals surface area contributed by atoms with Crippen LogP contribution in [0, 0.1) is 12.8 Å². The molecule has 0 radical (unpaired) electrons. The van der Waals surface area contributed by atoms with Gasteiger partial charge < -0.3 is 14.8 Å². The zero-order chi connectivity index (χ0) is 12.8. The SMILES string of the molecule is Cc1cc(OCCNCC2CCOC2)ccc1Br. The van der Waals surface area contributed by atoms with Crippen LogP contribution in [0.4, 0.5) is 0 Å². The van der Waals surface area contributed by atoms with Crippen molar-refractivity contribution in [1.29, 1.82) is 0 Å². The molecule has 1 aliphatic rings. The fraction of sp³-hybridized carbons (Fsp3) is 0.571. The van der Waals surface area contributed by atoms with Gasteiger partial charge >= 0.3 is 0 Å². The Morgan fingerprint density at radius 1 is 1.50 bits per heavy atom. The molecule has 0 bridgehead atoms. The van der Waals surface area contributed by atoms with Gasteiger partial charge in [0.25, 0.3) is 0 Å². The van der Waals surface area contributed by atoms with Gasteiger partial charge in [-0.2, -0.15) is 0 Å². The third-order valence-electron chi connectivity index (χ3n) is 3.13. The van der Waals surface area contributed by atoms with Crippen LogP contribution < -0.4 is 10.1 Å². The van der Waals surface area contributed by atoms with E-state index in [0.717, 1.165) is 36.5 Å². The molecule has 0 aromatic heterocycles. The molecule has 0 aliphatic carbocycles. The van der Waals surface area contributed by atoms with Crippen molar-refractivity contribution in [2.45, 2.75) is 13.3 Å². The van der Waals surface area contributed by atoms with Crippen LogP contribution in [0.1, 0.15) is 12.0 Å². The first-order valence-electron chi connectivity index (χ1n) is 6.43. The van der Waals surface area contributed by atoms with E-state index in [4.69, 9.17) is 9.47 Å². The molecular formula is C14H20BrNO2. The summed E-state index contributed by atoms with van der Waals surface area (Å²) in [7, 11) is 0. The second-order valence-electron chi connectivity index (χ2n) is 4.69. The van der Waals surface area contributed by atoms with E-state index >= 15 is 0 Å². The van der Waals surface area contributed by atoms with Crippen LogP contribution in [-0.4, -0.2) is 32.9 Å². The molecule has 1 atom stereocenters. The minimum atomic E-state index is 0.680. The summed E-state index contributed by atoms with van der Waals surface area (Å²) < 4.78 is 12.1. The molecule has 1 N–H and O–H groups in total. The van der Waals surface area contributed by atoms with Crippen molar-refractivity contribution in [1.82, 2.24) is 5.32 Å². The summed E-state index contributed by atoms with van der Waals surface area (Å²) in [6, 6.07) is 6.06. The fourth-order valence-corrected chi connectivity index (χ4v) is 2.25. The number of halogens is 1. The Kier molecular flexibility index (Phi) is 5.47. The van der Waals surface area contributed by atoms with Crippen molar-refractivity contribution < 1.29 is 9.47 Å². The summed E-state index contributed by atoms with van der Waals surface area (Å²) in [5, 5.41) is 3.41. The molecule has 1 unspecified atom stereocenters. The molecule has 18 heavy (non-hydrogen) atoms. The zero-order valence-electron chi connectivity index (χ0n) is 10.7. The largest absolute Gasteiger partial charge is 0.492 e. The van der Waals surface area contributed by atoms with E-state index in [2.05, 4.69) is 34.2 Å². The highest BCUT2D eigenvalue weighted by Gasteiger charge is 2.14. The Morgan fingerprint density at radius 2 is 2.39 bits per heavy atom. The highest BCUT2D eigenvalue weighted by molar-refractivity contribution is 9.10. The summed E-state index contributed by atoms with van der Waals surface area (Å²) >= 11 is 3.48. The van der Waals surface area contributed by atoms with Gasteiger partial charge in [-0.3, -0.25) is 0 Å².